The molecule has 2 aliphatic rings. The van der Waals surface area contributed by atoms with Crippen molar-refractivity contribution in [3.8, 4) is 0 Å². The molecule has 0 bridgehead atoms. The predicted octanol–water partition coefficient (Wildman–Crippen LogP) is 3.23. The van der Waals surface area contributed by atoms with E-state index in [4.69, 9.17) is 0 Å². The van der Waals surface area contributed by atoms with Gasteiger partial charge in [-0.3, -0.25) is 25.1 Å². The number of rotatable bonds is 4. The molecule has 0 spiro atoms. The van der Waals surface area contributed by atoms with Crippen molar-refractivity contribution in [2.45, 2.75) is 33.1 Å². The van der Waals surface area contributed by atoms with Crippen LogP contribution in [0.4, 0.5) is 10.8 Å². The Hall–Kier alpha value is -3.00. The van der Waals surface area contributed by atoms with Crippen LogP contribution in [0.5, 0.6) is 0 Å². The van der Waals surface area contributed by atoms with E-state index in [1.165, 1.54) is 16.3 Å². The number of amides is 3. The van der Waals surface area contributed by atoms with E-state index in [-0.39, 0.29) is 29.6 Å². The Morgan fingerprint density at radius 2 is 2.03 bits per heavy atom. The van der Waals surface area contributed by atoms with E-state index in [9.17, 15) is 14.4 Å². The summed E-state index contributed by atoms with van der Waals surface area (Å²) >= 11 is 1.44. The molecule has 1 saturated heterocycles. The Balaban J connectivity index is 1.55. The van der Waals surface area contributed by atoms with Gasteiger partial charge >= 0.3 is 0 Å². The van der Waals surface area contributed by atoms with Crippen LogP contribution in [-0.2, 0) is 16.0 Å². The van der Waals surface area contributed by atoms with Crippen molar-refractivity contribution >= 4 is 39.9 Å². The number of hydrogen-bond acceptors (Lipinski definition) is 5. The number of aryl methyl sites for hydroxylation is 2. The molecule has 0 saturated carbocycles. The highest BCUT2D eigenvalue weighted by Gasteiger charge is 2.42. The molecular formula is C21H22N4O3S. The number of hydrogen-bond donors (Lipinski definition) is 2. The molecule has 2 N–H and O–H groups in total. The van der Waals surface area contributed by atoms with Gasteiger partial charge in [-0.15, -0.1) is 11.3 Å². The first-order valence-corrected chi connectivity index (χ1v) is 10.5. The molecule has 1 aromatic heterocycles. The zero-order valence-electron chi connectivity index (χ0n) is 16.3. The number of anilines is 2. The minimum atomic E-state index is -0.364. The maximum atomic E-state index is 12.9. The lowest BCUT2D eigenvalue weighted by atomic mass is 9.80. The van der Waals surface area contributed by atoms with Crippen LogP contribution >= 0.6 is 11.3 Å². The van der Waals surface area contributed by atoms with Crippen molar-refractivity contribution < 1.29 is 14.4 Å². The Kier molecular flexibility index (Phi) is 5.19. The summed E-state index contributed by atoms with van der Waals surface area (Å²) in [5.41, 5.74) is 4.51. The Morgan fingerprint density at radius 3 is 2.76 bits per heavy atom. The quantitative estimate of drug-likeness (QED) is 0.757. The smallest absolute Gasteiger partial charge is 0.257 e. The molecule has 4 rings (SSSR count). The second kappa shape index (κ2) is 7.79. The summed E-state index contributed by atoms with van der Waals surface area (Å²) in [6.07, 6.45) is 5.82. The van der Waals surface area contributed by atoms with Gasteiger partial charge in [0.25, 0.3) is 5.91 Å². The number of carbonyl (C=O) groups is 3. The third-order valence-corrected chi connectivity index (χ3v) is 6.27. The Morgan fingerprint density at radius 1 is 1.28 bits per heavy atom. The number of fused-ring (bicyclic) bond motifs is 1. The lowest BCUT2D eigenvalue weighted by Crippen LogP contribution is -2.59. The van der Waals surface area contributed by atoms with Crippen LogP contribution in [0.3, 0.4) is 0 Å². The summed E-state index contributed by atoms with van der Waals surface area (Å²) in [6.45, 7) is 4.00. The number of hydrazine groups is 1. The van der Waals surface area contributed by atoms with Crippen LogP contribution in [0.2, 0.25) is 0 Å². The standard InChI is InChI=1S/C21H22N4O3S/c1-3-17-12(2)29-21(22-17)23-18(26)13-7-6-8-14(11-13)25-20(28)16-10-5-4-9-15(16)19(27)24-25/h4-8,11,15-16H,3,9-10H2,1-2H3,(H,24,27)(H,22,23,26)/t15-,16-/m1/s1. The van der Waals surface area contributed by atoms with Crippen molar-refractivity contribution in [2.24, 2.45) is 11.8 Å². The molecule has 150 valence electrons. The minimum absolute atomic E-state index is 0.153. The number of benzene rings is 1. The van der Waals surface area contributed by atoms with Gasteiger partial charge in [-0.2, -0.15) is 0 Å². The highest BCUT2D eigenvalue weighted by Crippen LogP contribution is 2.32. The fourth-order valence-electron chi connectivity index (χ4n) is 3.75. The summed E-state index contributed by atoms with van der Waals surface area (Å²) < 4.78 is 0. The van der Waals surface area contributed by atoms with Gasteiger partial charge in [0.15, 0.2) is 5.13 Å². The van der Waals surface area contributed by atoms with Gasteiger partial charge in [0.2, 0.25) is 11.8 Å². The van der Waals surface area contributed by atoms with E-state index in [0.717, 1.165) is 17.0 Å². The molecule has 1 aromatic carbocycles. The maximum absolute atomic E-state index is 12.9. The van der Waals surface area contributed by atoms with Gasteiger partial charge in [0.1, 0.15) is 0 Å². The predicted molar refractivity (Wildman–Crippen MR) is 112 cm³/mol. The molecule has 2 atom stereocenters. The molecule has 0 radical (unpaired) electrons. The van der Waals surface area contributed by atoms with Crippen molar-refractivity contribution in [1.29, 1.82) is 0 Å². The van der Waals surface area contributed by atoms with E-state index in [1.54, 1.807) is 24.3 Å². The van der Waals surface area contributed by atoms with Crippen LogP contribution in [0.15, 0.2) is 36.4 Å². The number of thiazole rings is 1. The zero-order valence-corrected chi connectivity index (χ0v) is 17.1. The first-order valence-electron chi connectivity index (χ1n) is 9.65. The molecule has 1 fully saturated rings. The summed E-state index contributed by atoms with van der Waals surface area (Å²) in [4.78, 5) is 43.6. The zero-order chi connectivity index (χ0) is 20.5. The summed E-state index contributed by atoms with van der Waals surface area (Å²) in [5, 5.41) is 4.63. The number of nitrogens with one attached hydrogen (secondary N) is 2. The third kappa shape index (κ3) is 3.67. The van der Waals surface area contributed by atoms with E-state index in [1.807, 2.05) is 26.0 Å². The largest absolute Gasteiger partial charge is 0.298 e. The van der Waals surface area contributed by atoms with Gasteiger partial charge in [-0.1, -0.05) is 25.1 Å². The molecule has 1 aliphatic heterocycles. The lowest BCUT2D eigenvalue weighted by Gasteiger charge is -2.38. The first kappa shape index (κ1) is 19.3. The highest BCUT2D eigenvalue weighted by atomic mass is 32.1. The molecule has 29 heavy (non-hydrogen) atoms. The number of nitrogens with zero attached hydrogens (tertiary/aromatic N) is 2. The van der Waals surface area contributed by atoms with Crippen LogP contribution in [0, 0.1) is 18.8 Å². The van der Waals surface area contributed by atoms with Gasteiger partial charge < -0.3 is 0 Å². The SMILES string of the molecule is CCc1nc(NC(=O)c2cccc(N3NC(=O)[C@@H]4CC=CC[C@H]4C3=O)c2)sc1C. The first-order chi connectivity index (χ1) is 14.0. The minimum Gasteiger partial charge on any atom is -0.298 e. The fourth-order valence-corrected chi connectivity index (χ4v) is 4.65. The summed E-state index contributed by atoms with van der Waals surface area (Å²) in [6, 6.07) is 6.67. The average Bonchev–Trinajstić information content (AvgIpc) is 3.09. The van der Waals surface area contributed by atoms with Crippen molar-refractivity contribution in [2.75, 3.05) is 10.3 Å². The summed E-state index contributed by atoms with van der Waals surface area (Å²) in [7, 11) is 0. The molecule has 8 heteroatoms. The molecule has 7 nitrogen and oxygen atoms in total. The van der Waals surface area contributed by atoms with Crippen LogP contribution in [0.1, 0.15) is 40.7 Å². The van der Waals surface area contributed by atoms with Crippen LogP contribution in [-0.4, -0.2) is 22.7 Å². The van der Waals surface area contributed by atoms with E-state index in [0.29, 0.717) is 29.2 Å². The van der Waals surface area contributed by atoms with E-state index in [2.05, 4.69) is 15.7 Å². The molecule has 3 amide bonds. The maximum Gasteiger partial charge on any atom is 0.257 e. The molecule has 2 heterocycles. The van der Waals surface area contributed by atoms with Crippen molar-refractivity contribution in [3.63, 3.8) is 0 Å². The average molecular weight is 410 g/mol. The summed E-state index contributed by atoms with van der Waals surface area (Å²) in [5.74, 6) is -1.32. The van der Waals surface area contributed by atoms with Crippen LogP contribution in [0.25, 0.3) is 0 Å². The monoisotopic (exact) mass is 410 g/mol. The van der Waals surface area contributed by atoms with Gasteiger partial charge in [-0.05, 0) is 44.4 Å². The highest BCUT2D eigenvalue weighted by molar-refractivity contribution is 7.15. The second-order valence-corrected chi connectivity index (χ2v) is 8.39. The van der Waals surface area contributed by atoms with Crippen LogP contribution < -0.4 is 15.8 Å². The van der Waals surface area contributed by atoms with Gasteiger partial charge in [-0.25, -0.2) is 9.99 Å². The molecular weight excluding hydrogens is 388 g/mol. The topological polar surface area (TPSA) is 91.4 Å². The number of carbonyl (C=O) groups excluding carboxylic acids is 3. The third-order valence-electron chi connectivity index (χ3n) is 5.34. The van der Waals surface area contributed by atoms with E-state index < -0.39 is 0 Å². The molecule has 1 aliphatic carbocycles. The van der Waals surface area contributed by atoms with Gasteiger partial charge in [0, 0.05) is 10.4 Å². The van der Waals surface area contributed by atoms with Gasteiger partial charge in [0.05, 0.1) is 23.2 Å². The number of aromatic nitrogens is 1. The fraction of sp³-hybridized carbons (Fsp3) is 0.333. The molecule has 2 aromatic rings. The van der Waals surface area contributed by atoms with E-state index >= 15 is 0 Å². The normalized spacial score (nSPS) is 21.0. The Bertz CT molecular complexity index is 1010. The second-order valence-electron chi connectivity index (χ2n) is 7.19. The van der Waals surface area contributed by atoms with Crippen molar-refractivity contribution in [1.82, 2.24) is 10.4 Å². The van der Waals surface area contributed by atoms with Crippen molar-refractivity contribution in [3.05, 3.63) is 52.6 Å². The number of allylic oxidation sites excluding steroid dienone is 2. The lowest BCUT2D eigenvalue weighted by molar-refractivity contribution is -0.139. The molecule has 0 unspecified atom stereocenters. The Labute approximate surface area is 172 Å².